The van der Waals surface area contributed by atoms with Crippen LogP contribution in [-0.4, -0.2) is 33.7 Å². The summed E-state index contributed by atoms with van der Waals surface area (Å²) in [5.74, 6) is -0.0735. The van der Waals surface area contributed by atoms with E-state index in [1.54, 1.807) is 31.2 Å². The number of anilines is 2. The summed E-state index contributed by atoms with van der Waals surface area (Å²) < 4.78 is 0. The summed E-state index contributed by atoms with van der Waals surface area (Å²) in [6.45, 7) is 1.80. The third-order valence-electron chi connectivity index (χ3n) is 3.19. The van der Waals surface area contributed by atoms with Gasteiger partial charge in [-0.05, 0) is 36.7 Å². The third-order valence-corrected chi connectivity index (χ3v) is 3.36. The van der Waals surface area contributed by atoms with Gasteiger partial charge in [0.1, 0.15) is 5.82 Å². The van der Waals surface area contributed by atoms with E-state index in [1.165, 1.54) is 7.05 Å². The maximum atomic E-state index is 12.0. The minimum Gasteiger partial charge on any atom is -0.340 e. The number of hydrogen-bond acceptors (Lipinski definition) is 5. The van der Waals surface area contributed by atoms with Crippen molar-refractivity contribution >= 4 is 34.9 Å². The third kappa shape index (κ3) is 2.34. The van der Waals surface area contributed by atoms with E-state index in [1.807, 2.05) is 0 Å². The van der Waals surface area contributed by atoms with Crippen molar-refractivity contribution in [1.29, 1.82) is 0 Å². The van der Waals surface area contributed by atoms with Gasteiger partial charge in [-0.2, -0.15) is 0 Å². The van der Waals surface area contributed by atoms with Crippen LogP contribution in [0.3, 0.4) is 0 Å². The van der Waals surface area contributed by atoms with E-state index in [9.17, 15) is 9.59 Å². The van der Waals surface area contributed by atoms with Crippen LogP contribution in [0.2, 0.25) is 5.28 Å². The number of halogens is 1. The molecule has 7 heteroatoms. The van der Waals surface area contributed by atoms with E-state index in [0.29, 0.717) is 22.6 Å². The number of aryl methyl sites for hydroxylation is 1. The fraction of sp³-hybridized carbons (Fsp3) is 0.143. The number of rotatable bonds is 2. The van der Waals surface area contributed by atoms with E-state index in [-0.39, 0.29) is 17.1 Å². The van der Waals surface area contributed by atoms with E-state index >= 15 is 0 Å². The normalized spacial score (nSPS) is 13.6. The first-order valence-electron chi connectivity index (χ1n) is 6.20. The van der Waals surface area contributed by atoms with Crippen molar-refractivity contribution in [3.8, 4) is 0 Å². The summed E-state index contributed by atoms with van der Waals surface area (Å²) in [4.78, 5) is 32.9. The second-order valence-corrected chi connectivity index (χ2v) is 5.06. The molecule has 0 fully saturated rings. The monoisotopic (exact) mass is 302 g/mol. The van der Waals surface area contributed by atoms with Crippen molar-refractivity contribution in [2.45, 2.75) is 6.92 Å². The van der Waals surface area contributed by atoms with Gasteiger partial charge in [-0.3, -0.25) is 14.5 Å². The Bertz CT molecular complexity index is 755. The number of aromatic nitrogens is 2. The van der Waals surface area contributed by atoms with Crippen molar-refractivity contribution in [2.24, 2.45) is 0 Å². The molecular formula is C14H11ClN4O2. The standard InChI is InChI=1S/C14H11ClN4O2/c1-7-5-11(18-14(15)16-7)17-8-3-4-9-10(6-8)13(21)19(2)12(9)20/h3-6H,1-2H3,(H,16,17,18). The Morgan fingerprint density at radius 2 is 1.81 bits per heavy atom. The maximum Gasteiger partial charge on any atom is 0.261 e. The molecule has 1 aromatic heterocycles. The number of hydrogen-bond donors (Lipinski definition) is 1. The second kappa shape index (κ2) is 4.82. The number of amides is 2. The lowest BCUT2D eigenvalue weighted by Gasteiger charge is -2.07. The Labute approximate surface area is 125 Å². The summed E-state index contributed by atoms with van der Waals surface area (Å²) >= 11 is 5.80. The number of carbonyl (C=O) groups is 2. The van der Waals surface area contributed by atoms with Crippen molar-refractivity contribution in [3.05, 3.63) is 46.4 Å². The molecular weight excluding hydrogens is 292 g/mol. The zero-order valence-electron chi connectivity index (χ0n) is 11.3. The minimum absolute atomic E-state index is 0.143. The van der Waals surface area contributed by atoms with Crippen LogP contribution in [0.25, 0.3) is 0 Å². The van der Waals surface area contributed by atoms with Gasteiger partial charge in [0.15, 0.2) is 0 Å². The average Bonchev–Trinajstić information content (AvgIpc) is 2.63. The van der Waals surface area contributed by atoms with Gasteiger partial charge in [-0.25, -0.2) is 9.97 Å². The van der Waals surface area contributed by atoms with Crippen LogP contribution in [0.4, 0.5) is 11.5 Å². The molecule has 2 aromatic rings. The predicted molar refractivity (Wildman–Crippen MR) is 77.9 cm³/mol. The highest BCUT2D eigenvalue weighted by Crippen LogP contribution is 2.26. The maximum absolute atomic E-state index is 12.0. The quantitative estimate of drug-likeness (QED) is 0.681. The number of nitrogens with zero attached hydrogens (tertiary/aromatic N) is 3. The Kier molecular flexibility index (Phi) is 3.10. The van der Waals surface area contributed by atoms with Crippen LogP contribution in [-0.2, 0) is 0 Å². The van der Waals surface area contributed by atoms with Gasteiger partial charge in [0, 0.05) is 24.5 Å². The minimum atomic E-state index is -0.310. The summed E-state index contributed by atoms with van der Waals surface area (Å²) in [6, 6.07) is 6.70. The van der Waals surface area contributed by atoms with Crippen LogP contribution in [0, 0.1) is 6.92 Å². The Balaban J connectivity index is 1.95. The molecule has 3 rings (SSSR count). The molecule has 1 aliphatic heterocycles. The summed E-state index contributed by atoms with van der Waals surface area (Å²) in [7, 11) is 1.46. The Morgan fingerprint density at radius 3 is 2.52 bits per heavy atom. The van der Waals surface area contributed by atoms with Gasteiger partial charge in [0.2, 0.25) is 5.28 Å². The van der Waals surface area contributed by atoms with Gasteiger partial charge < -0.3 is 5.32 Å². The molecule has 2 amide bonds. The van der Waals surface area contributed by atoms with Gasteiger partial charge >= 0.3 is 0 Å². The summed E-state index contributed by atoms with van der Waals surface area (Å²) in [5, 5.41) is 3.19. The molecule has 0 saturated carbocycles. The van der Waals surface area contributed by atoms with E-state index < -0.39 is 0 Å². The van der Waals surface area contributed by atoms with Crippen LogP contribution in [0.1, 0.15) is 26.4 Å². The van der Waals surface area contributed by atoms with Crippen molar-refractivity contribution in [1.82, 2.24) is 14.9 Å². The van der Waals surface area contributed by atoms with Crippen LogP contribution in [0.15, 0.2) is 24.3 Å². The first-order valence-corrected chi connectivity index (χ1v) is 6.58. The molecule has 106 valence electrons. The lowest BCUT2D eigenvalue weighted by atomic mass is 10.1. The molecule has 0 saturated heterocycles. The molecule has 21 heavy (non-hydrogen) atoms. The van der Waals surface area contributed by atoms with E-state index in [0.717, 1.165) is 10.6 Å². The number of carbonyl (C=O) groups excluding carboxylic acids is 2. The van der Waals surface area contributed by atoms with E-state index in [2.05, 4.69) is 15.3 Å². The van der Waals surface area contributed by atoms with Crippen LogP contribution >= 0.6 is 11.6 Å². The largest absolute Gasteiger partial charge is 0.340 e. The average molecular weight is 303 g/mol. The zero-order valence-corrected chi connectivity index (χ0v) is 12.1. The number of fused-ring (bicyclic) bond motifs is 1. The molecule has 1 N–H and O–H groups in total. The fourth-order valence-electron chi connectivity index (χ4n) is 2.18. The van der Waals surface area contributed by atoms with Gasteiger partial charge in [0.25, 0.3) is 11.8 Å². The Morgan fingerprint density at radius 1 is 1.10 bits per heavy atom. The molecule has 0 spiro atoms. The van der Waals surface area contributed by atoms with Crippen molar-refractivity contribution in [2.75, 3.05) is 12.4 Å². The molecule has 1 aliphatic rings. The second-order valence-electron chi connectivity index (χ2n) is 4.72. The first-order chi connectivity index (χ1) is 9.95. The molecule has 0 aliphatic carbocycles. The molecule has 1 aromatic carbocycles. The topological polar surface area (TPSA) is 75.2 Å². The van der Waals surface area contributed by atoms with Gasteiger partial charge in [-0.15, -0.1) is 0 Å². The lowest BCUT2D eigenvalue weighted by Crippen LogP contribution is -2.24. The molecule has 0 atom stereocenters. The molecule has 0 radical (unpaired) electrons. The highest BCUT2D eigenvalue weighted by Gasteiger charge is 2.32. The summed E-state index contributed by atoms with van der Waals surface area (Å²) in [5.41, 5.74) is 2.17. The summed E-state index contributed by atoms with van der Waals surface area (Å²) in [6.07, 6.45) is 0. The number of imide groups is 1. The van der Waals surface area contributed by atoms with Crippen LogP contribution in [0.5, 0.6) is 0 Å². The Hall–Kier alpha value is -2.47. The highest BCUT2D eigenvalue weighted by molar-refractivity contribution is 6.28. The van der Waals surface area contributed by atoms with Gasteiger partial charge in [-0.1, -0.05) is 0 Å². The SMILES string of the molecule is Cc1cc(Nc2ccc3c(c2)C(=O)N(C)C3=O)nc(Cl)n1. The molecule has 0 unspecified atom stereocenters. The smallest absolute Gasteiger partial charge is 0.261 e. The lowest BCUT2D eigenvalue weighted by molar-refractivity contribution is 0.0693. The predicted octanol–water partition coefficient (Wildman–Crippen LogP) is 2.41. The first kappa shape index (κ1) is 13.5. The number of nitrogens with one attached hydrogen (secondary N) is 1. The number of benzene rings is 1. The highest BCUT2D eigenvalue weighted by atomic mass is 35.5. The van der Waals surface area contributed by atoms with Crippen molar-refractivity contribution < 1.29 is 9.59 Å². The zero-order chi connectivity index (χ0) is 15.1. The van der Waals surface area contributed by atoms with Crippen LogP contribution < -0.4 is 5.32 Å². The fourth-order valence-corrected chi connectivity index (χ4v) is 2.41. The van der Waals surface area contributed by atoms with Crippen molar-refractivity contribution in [3.63, 3.8) is 0 Å². The van der Waals surface area contributed by atoms with Gasteiger partial charge in [0.05, 0.1) is 11.1 Å². The molecule has 0 bridgehead atoms. The van der Waals surface area contributed by atoms with E-state index in [4.69, 9.17) is 11.6 Å². The molecule has 6 nitrogen and oxygen atoms in total. The molecule has 2 heterocycles.